The van der Waals surface area contributed by atoms with Crippen LogP contribution in [0.15, 0.2) is 23.6 Å². The standard InChI is InChI=1S/C13H14FNO2S/c1-8-4-5-9(14)6-10(8)12-15-11(7-18-12)13(16-2)17-3/h4-7,13H,1-3H3. The molecule has 1 aromatic heterocycles. The van der Waals surface area contributed by atoms with E-state index in [0.717, 1.165) is 16.1 Å². The zero-order valence-electron chi connectivity index (χ0n) is 10.4. The van der Waals surface area contributed by atoms with E-state index in [4.69, 9.17) is 9.47 Å². The summed E-state index contributed by atoms with van der Waals surface area (Å²) in [4.78, 5) is 4.43. The van der Waals surface area contributed by atoms with Crippen LogP contribution in [0.25, 0.3) is 10.6 Å². The molecule has 0 aliphatic heterocycles. The van der Waals surface area contributed by atoms with Gasteiger partial charge in [-0.3, -0.25) is 0 Å². The van der Waals surface area contributed by atoms with Gasteiger partial charge in [0.1, 0.15) is 16.5 Å². The van der Waals surface area contributed by atoms with Gasteiger partial charge in [-0.2, -0.15) is 0 Å². The van der Waals surface area contributed by atoms with Crippen molar-refractivity contribution < 1.29 is 13.9 Å². The third-order valence-electron chi connectivity index (χ3n) is 2.62. The highest BCUT2D eigenvalue weighted by atomic mass is 32.1. The van der Waals surface area contributed by atoms with Gasteiger partial charge >= 0.3 is 0 Å². The normalized spacial score (nSPS) is 11.2. The molecule has 1 heterocycles. The highest BCUT2D eigenvalue weighted by Gasteiger charge is 2.15. The fourth-order valence-electron chi connectivity index (χ4n) is 1.68. The highest BCUT2D eigenvalue weighted by molar-refractivity contribution is 7.13. The molecule has 0 amide bonds. The molecule has 1 aromatic carbocycles. The molecule has 2 aromatic rings. The van der Waals surface area contributed by atoms with Crippen LogP contribution in [-0.2, 0) is 9.47 Å². The molecular formula is C13H14FNO2S. The third-order valence-corrected chi connectivity index (χ3v) is 3.52. The van der Waals surface area contributed by atoms with Crippen LogP contribution in [0.1, 0.15) is 17.5 Å². The van der Waals surface area contributed by atoms with E-state index >= 15 is 0 Å². The number of nitrogens with zero attached hydrogens (tertiary/aromatic N) is 1. The zero-order valence-corrected chi connectivity index (χ0v) is 11.3. The number of halogens is 1. The van der Waals surface area contributed by atoms with Crippen LogP contribution in [0.2, 0.25) is 0 Å². The zero-order chi connectivity index (χ0) is 13.1. The molecular weight excluding hydrogens is 253 g/mol. The molecule has 0 atom stereocenters. The van der Waals surface area contributed by atoms with Gasteiger partial charge in [0.2, 0.25) is 6.29 Å². The Morgan fingerprint density at radius 2 is 2.00 bits per heavy atom. The molecule has 3 nitrogen and oxygen atoms in total. The first-order chi connectivity index (χ1) is 8.65. The summed E-state index contributed by atoms with van der Waals surface area (Å²) >= 11 is 1.45. The molecule has 5 heteroatoms. The molecule has 0 saturated carbocycles. The summed E-state index contributed by atoms with van der Waals surface area (Å²) in [5, 5.41) is 2.62. The Morgan fingerprint density at radius 3 is 2.67 bits per heavy atom. The summed E-state index contributed by atoms with van der Waals surface area (Å²) in [6.07, 6.45) is -0.483. The number of methoxy groups -OCH3 is 2. The van der Waals surface area contributed by atoms with E-state index < -0.39 is 6.29 Å². The van der Waals surface area contributed by atoms with Gasteiger partial charge in [-0.15, -0.1) is 11.3 Å². The van der Waals surface area contributed by atoms with Crippen LogP contribution >= 0.6 is 11.3 Å². The Kier molecular flexibility index (Phi) is 4.06. The number of ether oxygens (including phenoxy) is 2. The molecule has 0 fully saturated rings. The molecule has 0 N–H and O–H groups in total. The number of hydrogen-bond acceptors (Lipinski definition) is 4. The van der Waals surface area contributed by atoms with E-state index in [-0.39, 0.29) is 5.82 Å². The predicted octanol–water partition coefficient (Wildman–Crippen LogP) is 3.55. The molecule has 18 heavy (non-hydrogen) atoms. The second-order valence-electron chi connectivity index (χ2n) is 3.84. The second kappa shape index (κ2) is 5.56. The van der Waals surface area contributed by atoms with Crippen LogP contribution in [0, 0.1) is 12.7 Å². The van der Waals surface area contributed by atoms with Gasteiger partial charge in [0.15, 0.2) is 0 Å². The maximum absolute atomic E-state index is 13.3. The van der Waals surface area contributed by atoms with Gasteiger partial charge in [-0.1, -0.05) is 6.07 Å². The van der Waals surface area contributed by atoms with Gasteiger partial charge in [-0.05, 0) is 24.6 Å². The average Bonchev–Trinajstić information content (AvgIpc) is 2.83. The molecule has 0 bridgehead atoms. The summed E-state index contributed by atoms with van der Waals surface area (Å²) in [6, 6.07) is 4.68. The fourth-order valence-corrected chi connectivity index (χ4v) is 2.58. The smallest absolute Gasteiger partial charge is 0.201 e. The first-order valence-electron chi connectivity index (χ1n) is 5.43. The molecule has 2 rings (SSSR count). The van der Waals surface area contributed by atoms with E-state index in [1.165, 1.54) is 23.5 Å². The largest absolute Gasteiger partial charge is 0.350 e. The molecule has 0 saturated heterocycles. The van der Waals surface area contributed by atoms with Gasteiger partial charge in [0.25, 0.3) is 0 Å². The van der Waals surface area contributed by atoms with Gasteiger partial charge in [0, 0.05) is 25.2 Å². The van der Waals surface area contributed by atoms with Crippen molar-refractivity contribution in [3.8, 4) is 10.6 Å². The number of benzene rings is 1. The van der Waals surface area contributed by atoms with Crippen molar-refractivity contribution in [1.29, 1.82) is 0 Å². The lowest BCUT2D eigenvalue weighted by atomic mass is 10.1. The highest BCUT2D eigenvalue weighted by Crippen LogP contribution is 2.30. The monoisotopic (exact) mass is 267 g/mol. The second-order valence-corrected chi connectivity index (χ2v) is 4.70. The lowest BCUT2D eigenvalue weighted by molar-refractivity contribution is -0.108. The summed E-state index contributed by atoms with van der Waals surface area (Å²) in [7, 11) is 3.11. The summed E-state index contributed by atoms with van der Waals surface area (Å²) in [6.45, 7) is 1.93. The minimum Gasteiger partial charge on any atom is -0.350 e. The van der Waals surface area contributed by atoms with Crippen molar-refractivity contribution in [2.45, 2.75) is 13.2 Å². The van der Waals surface area contributed by atoms with Crippen molar-refractivity contribution in [2.75, 3.05) is 14.2 Å². The van der Waals surface area contributed by atoms with Gasteiger partial charge < -0.3 is 9.47 Å². The van der Waals surface area contributed by atoms with Crippen molar-refractivity contribution in [2.24, 2.45) is 0 Å². The van der Waals surface area contributed by atoms with E-state index in [9.17, 15) is 4.39 Å². The van der Waals surface area contributed by atoms with E-state index in [0.29, 0.717) is 5.69 Å². The van der Waals surface area contributed by atoms with E-state index in [1.54, 1.807) is 20.3 Å². The Hall–Kier alpha value is -1.30. The summed E-state index contributed by atoms with van der Waals surface area (Å²) in [5.41, 5.74) is 2.49. The van der Waals surface area contributed by atoms with Crippen molar-refractivity contribution in [3.05, 3.63) is 40.7 Å². The molecule has 0 spiro atoms. The van der Waals surface area contributed by atoms with Crippen LogP contribution in [0.3, 0.4) is 0 Å². The quantitative estimate of drug-likeness (QED) is 0.794. The third kappa shape index (κ3) is 2.58. The van der Waals surface area contributed by atoms with Crippen LogP contribution in [-0.4, -0.2) is 19.2 Å². The summed E-state index contributed by atoms with van der Waals surface area (Å²) < 4.78 is 23.5. The minimum absolute atomic E-state index is 0.262. The Bertz CT molecular complexity index is 538. The number of thiazole rings is 1. The van der Waals surface area contributed by atoms with Crippen LogP contribution in [0.5, 0.6) is 0 Å². The van der Waals surface area contributed by atoms with Crippen molar-refractivity contribution in [3.63, 3.8) is 0 Å². The summed E-state index contributed by atoms with van der Waals surface area (Å²) in [5.74, 6) is -0.262. The first-order valence-corrected chi connectivity index (χ1v) is 6.31. The molecule has 96 valence electrons. The van der Waals surface area contributed by atoms with Crippen molar-refractivity contribution in [1.82, 2.24) is 4.98 Å². The topological polar surface area (TPSA) is 31.4 Å². The number of hydrogen-bond donors (Lipinski definition) is 0. The Labute approximate surface area is 109 Å². The fraction of sp³-hybridized carbons (Fsp3) is 0.308. The minimum atomic E-state index is -0.483. The van der Waals surface area contributed by atoms with Crippen LogP contribution in [0.4, 0.5) is 4.39 Å². The van der Waals surface area contributed by atoms with Crippen LogP contribution < -0.4 is 0 Å². The lowest BCUT2D eigenvalue weighted by Gasteiger charge is -2.09. The molecule has 0 aliphatic carbocycles. The van der Waals surface area contributed by atoms with Crippen molar-refractivity contribution >= 4 is 11.3 Å². The molecule has 0 aliphatic rings. The number of aromatic nitrogens is 1. The average molecular weight is 267 g/mol. The SMILES string of the molecule is COC(OC)c1csc(-c2cc(F)ccc2C)n1. The lowest BCUT2D eigenvalue weighted by Crippen LogP contribution is -2.03. The maximum Gasteiger partial charge on any atom is 0.201 e. The number of rotatable bonds is 4. The van der Waals surface area contributed by atoms with E-state index in [1.807, 2.05) is 12.3 Å². The number of aryl methyl sites for hydroxylation is 1. The Morgan fingerprint density at radius 1 is 1.28 bits per heavy atom. The Balaban J connectivity index is 2.37. The van der Waals surface area contributed by atoms with Gasteiger partial charge in [-0.25, -0.2) is 9.37 Å². The predicted molar refractivity (Wildman–Crippen MR) is 69.0 cm³/mol. The maximum atomic E-state index is 13.3. The molecule has 0 unspecified atom stereocenters. The van der Waals surface area contributed by atoms with E-state index in [2.05, 4.69) is 4.98 Å². The molecule has 0 radical (unpaired) electrons. The van der Waals surface area contributed by atoms with Gasteiger partial charge in [0.05, 0.1) is 0 Å². The first kappa shape index (κ1) is 13.1.